The van der Waals surface area contributed by atoms with Crippen LogP contribution in [-0.4, -0.2) is 33.4 Å². The lowest BCUT2D eigenvalue weighted by Gasteiger charge is -2.43. The molecule has 21 heavy (non-hydrogen) atoms. The van der Waals surface area contributed by atoms with Crippen LogP contribution in [0, 0.1) is 0 Å². The fourth-order valence-corrected chi connectivity index (χ4v) is 4.00. The number of benzene rings is 1. The highest BCUT2D eigenvalue weighted by Gasteiger charge is 2.36. The van der Waals surface area contributed by atoms with Gasteiger partial charge in [-0.15, -0.1) is 0 Å². The molecule has 0 bridgehead atoms. The molecule has 0 amide bonds. The molecule has 1 N–H and O–H groups in total. The van der Waals surface area contributed by atoms with E-state index in [9.17, 15) is 8.42 Å². The summed E-state index contributed by atoms with van der Waals surface area (Å²) in [7, 11) is -3.13. The van der Waals surface area contributed by atoms with Crippen LogP contribution in [0.25, 0.3) is 0 Å². The van der Waals surface area contributed by atoms with E-state index in [1.165, 1.54) is 38.4 Å². The van der Waals surface area contributed by atoms with Crippen LogP contribution in [0.3, 0.4) is 0 Å². The van der Waals surface area contributed by atoms with Gasteiger partial charge in [0, 0.05) is 18.3 Å². The second-order valence-electron chi connectivity index (χ2n) is 6.36. The molecule has 0 aromatic heterocycles. The quantitative estimate of drug-likeness (QED) is 0.912. The average molecular weight is 309 g/mol. The van der Waals surface area contributed by atoms with Gasteiger partial charge in [0.1, 0.15) is 0 Å². The monoisotopic (exact) mass is 309 g/mol. The van der Waals surface area contributed by atoms with Crippen LogP contribution >= 0.6 is 0 Å². The third-order valence-corrected chi connectivity index (χ3v) is 5.84. The Kier molecular flexibility index (Phi) is 4.08. The minimum absolute atomic E-state index is 0.0196. The van der Waals surface area contributed by atoms with Crippen LogP contribution in [-0.2, 0) is 14.6 Å². The minimum atomic E-state index is -3.13. The van der Waals surface area contributed by atoms with E-state index in [0.717, 1.165) is 18.7 Å². The van der Waals surface area contributed by atoms with Crippen molar-refractivity contribution < 1.29 is 13.2 Å². The fourth-order valence-electron chi connectivity index (χ4n) is 3.37. The van der Waals surface area contributed by atoms with Gasteiger partial charge in [-0.2, -0.15) is 0 Å². The molecule has 1 saturated carbocycles. The van der Waals surface area contributed by atoms with Crippen LogP contribution in [0.1, 0.15) is 43.8 Å². The van der Waals surface area contributed by atoms with Crippen LogP contribution in [0.5, 0.6) is 0 Å². The molecule has 1 heterocycles. The second kappa shape index (κ2) is 5.71. The van der Waals surface area contributed by atoms with Gasteiger partial charge in [-0.25, -0.2) is 8.42 Å². The molecule has 1 atom stereocenters. The standard InChI is InChI=1S/C16H23NO3S/c1-21(18,19)14-7-5-13(6-8-14)15-11-17-16(12-20-15)9-3-2-4-10-16/h5-8,15,17H,2-4,9-12H2,1H3. The van der Waals surface area contributed by atoms with Crippen molar-refractivity contribution in [2.45, 2.75) is 48.6 Å². The molecule has 1 unspecified atom stereocenters. The molecular formula is C16H23NO3S. The number of rotatable bonds is 2. The molecule has 2 fully saturated rings. The highest BCUT2D eigenvalue weighted by atomic mass is 32.2. The van der Waals surface area contributed by atoms with Gasteiger partial charge in [-0.1, -0.05) is 31.4 Å². The Morgan fingerprint density at radius 2 is 1.81 bits per heavy atom. The summed E-state index contributed by atoms with van der Waals surface area (Å²) in [4.78, 5) is 0.360. The van der Waals surface area contributed by atoms with Crippen molar-refractivity contribution in [1.82, 2.24) is 5.32 Å². The highest BCUT2D eigenvalue weighted by molar-refractivity contribution is 7.90. The molecule has 1 aliphatic carbocycles. The average Bonchev–Trinajstić information content (AvgIpc) is 2.48. The molecule has 3 rings (SSSR count). The van der Waals surface area contributed by atoms with E-state index >= 15 is 0 Å². The summed E-state index contributed by atoms with van der Waals surface area (Å²) in [5, 5.41) is 3.68. The lowest BCUT2D eigenvalue weighted by molar-refractivity contribution is -0.0466. The van der Waals surface area contributed by atoms with Crippen molar-refractivity contribution in [2.24, 2.45) is 0 Å². The summed E-state index contributed by atoms with van der Waals surface area (Å²) in [6.45, 7) is 1.56. The van der Waals surface area contributed by atoms with Crippen molar-refractivity contribution in [3.8, 4) is 0 Å². The molecular weight excluding hydrogens is 286 g/mol. The number of nitrogens with one attached hydrogen (secondary N) is 1. The predicted molar refractivity (Wildman–Crippen MR) is 82.1 cm³/mol. The van der Waals surface area contributed by atoms with E-state index in [2.05, 4.69) is 5.32 Å². The molecule has 116 valence electrons. The maximum atomic E-state index is 11.5. The van der Waals surface area contributed by atoms with Crippen LogP contribution in [0.2, 0.25) is 0 Å². The molecule has 1 aromatic rings. The first kappa shape index (κ1) is 15.0. The zero-order chi connectivity index (χ0) is 14.9. The van der Waals surface area contributed by atoms with Gasteiger partial charge < -0.3 is 10.1 Å². The van der Waals surface area contributed by atoms with Gasteiger partial charge in [-0.3, -0.25) is 0 Å². The van der Waals surface area contributed by atoms with E-state index in [1.807, 2.05) is 12.1 Å². The number of sulfone groups is 1. The minimum Gasteiger partial charge on any atom is -0.370 e. The van der Waals surface area contributed by atoms with Gasteiger partial charge in [0.15, 0.2) is 9.84 Å². The smallest absolute Gasteiger partial charge is 0.175 e. The summed E-state index contributed by atoms with van der Waals surface area (Å²) < 4.78 is 29.0. The van der Waals surface area contributed by atoms with Crippen molar-refractivity contribution in [2.75, 3.05) is 19.4 Å². The maximum absolute atomic E-state index is 11.5. The molecule has 1 saturated heterocycles. The summed E-state index contributed by atoms with van der Waals surface area (Å²) >= 11 is 0. The van der Waals surface area contributed by atoms with E-state index in [4.69, 9.17) is 4.74 Å². The molecule has 1 spiro atoms. The molecule has 4 nitrogen and oxygen atoms in total. The molecule has 1 aliphatic heterocycles. The van der Waals surface area contributed by atoms with Crippen LogP contribution < -0.4 is 5.32 Å². The normalized spacial score (nSPS) is 25.9. The zero-order valence-corrected chi connectivity index (χ0v) is 13.3. The van der Waals surface area contributed by atoms with Crippen molar-refractivity contribution in [3.63, 3.8) is 0 Å². The Labute approximate surface area is 126 Å². The summed E-state index contributed by atoms with van der Waals surface area (Å²) in [5.41, 5.74) is 1.22. The fraction of sp³-hybridized carbons (Fsp3) is 0.625. The summed E-state index contributed by atoms with van der Waals surface area (Å²) in [5.74, 6) is 0. The Morgan fingerprint density at radius 1 is 1.14 bits per heavy atom. The third-order valence-electron chi connectivity index (χ3n) is 4.71. The molecule has 5 heteroatoms. The van der Waals surface area contributed by atoms with Crippen LogP contribution in [0.15, 0.2) is 29.2 Å². The highest BCUT2D eigenvalue weighted by Crippen LogP contribution is 2.33. The van der Waals surface area contributed by atoms with Gasteiger partial charge in [0.25, 0.3) is 0 Å². The van der Waals surface area contributed by atoms with Gasteiger partial charge in [0.2, 0.25) is 0 Å². The van der Waals surface area contributed by atoms with E-state index in [0.29, 0.717) is 4.90 Å². The first-order valence-corrected chi connectivity index (χ1v) is 9.54. The number of morpholine rings is 1. The summed E-state index contributed by atoms with van der Waals surface area (Å²) in [6.07, 6.45) is 7.55. The SMILES string of the molecule is CS(=O)(=O)c1ccc(C2CNC3(CCCCC3)CO2)cc1. The lowest BCUT2D eigenvalue weighted by atomic mass is 9.81. The van der Waals surface area contributed by atoms with Crippen molar-refractivity contribution >= 4 is 9.84 Å². The molecule has 2 aliphatic rings. The Hall–Kier alpha value is -0.910. The lowest BCUT2D eigenvalue weighted by Crippen LogP contribution is -2.55. The van der Waals surface area contributed by atoms with Gasteiger partial charge in [-0.05, 0) is 30.5 Å². The summed E-state index contributed by atoms with van der Waals surface area (Å²) in [6, 6.07) is 7.06. The van der Waals surface area contributed by atoms with E-state index in [1.54, 1.807) is 12.1 Å². The van der Waals surface area contributed by atoms with Crippen molar-refractivity contribution in [3.05, 3.63) is 29.8 Å². The topological polar surface area (TPSA) is 55.4 Å². The zero-order valence-electron chi connectivity index (χ0n) is 12.5. The first-order valence-electron chi connectivity index (χ1n) is 7.65. The largest absolute Gasteiger partial charge is 0.370 e. The molecule has 1 aromatic carbocycles. The van der Waals surface area contributed by atoms with Gasteiger partial charge >= 0.3 is 0 Å². The predicted octanol–water partition coefficient (Wildman–Crippen LogP) is 2.45. The van der Waals surface area contributed by atoms with Crippen molar-refractivity contribution in [1.29, 1.82) is 0 Å². The van der Waals surface area contributed by atoms with E-state index < -0.39 is 9.84 Å². The Morgan fingerprint density at radius 3 is 2.33 bits per heavy atom. The Bertz CT molecular complexity index is 578. The number of ether oxygens (including phenoxy) is 1. The number of hydrogen-bond donors (Lipinski definition) is 1. The maximum Gasteiger partial charge on any atom is 0.175 e. The molecule has 0 radical (unpaired) electrons. The first-order chi connectivity index (χ1) is 9.99. The van der Waals surface area contributed by atoms with Gasteiger partial charge in [0.05, 0.1) is 17.6 Å². The second-order valence-corrected chi connectivity index (χ2v) is 8.38. The Balaban J connectivity index is 1.66. The number of hydrogen-bond acceptors (Lipinski definition) is 4. The van der Waals surface area contributed by atoms with Crippen LogP contribution in [0.4, 0.5) is 0 Å². The van der Waals surface area contributed by atoms with E-state index in [-0.39, 0.29) is 11.6 Å². The third kappa shape index (κ3) is 3.30.